The second kappa shape index (κ2) is 6.01. The predicted octanol–water partition coefficient (Wildman–Crippen LogP) is 3.33. The van der Waals surface area contributed by atoms with Crippen LogP contribution in [0.1, 0.15) is 40.9 Å². The zero-order chi connectivity index (χ0) is 16.4. The number of ketones is 1. The van der Waals surface area contributed by atoms with Gasteiger partial charge in [0.25, 0.3) is 0 Å². The van der Waals surface area contributed by atoms with Gasteiger partial charge in [0.1, 0.15) is 0 Å². The summed E-state index contributed by atoms with van der Waals surface area (Å²) >= 11 is 0. The zero-order valence-corrected chi connectivity index (χ0v) is 13.5. The van der Waals surface area contributed by atoms with E-state index in [4.69, 9.17) is 0 Å². The van der Waals surface area contributed by atoms with Gasteiger partial charge in [0.15, 0.2) is 5.78 Å². The van der Waals surface area contributed by atoms with E-state index >= 15 is 0 Å². The lowest BCUT2D eigenvalue weighted by Crippen LogP contribution is -2.43. The van der Waals surface area contributed by atoms with Crippen molar-refractivity contribution in [2.24, 2.45) is 0 Å². The SMILES string of the molecule is CC1(C)Cc2ccc(CO)cc2/C(=C/C(=O)c2ccccc2)N1. The van der Waals surface area contributed by atoms with Gasteiger partial charge in [0.2, 0.25) is 0 Å². The van der Waals surface area contributed by atoms with Gasteiger partial charge in [0, 0.05) is 28.4 Å². The number of nitrogens with one attached hydrogen (secondary N) is 1. The molecule has 118 valence electrons. The lowest BCUT2D eigenvalue weighted by atomic mass is 9.84. The third kappa shape index (κ3) is 3.35. The van der Waals surface area contributed by atoms with Crippen molar-refractivity contribution in [3.8, 4) is 0 Å². The summed E-state index contributed by atoms with van der Waals surface area (Å²) in [6.45, 7) is 4.24. The van der Waals surface area contributed by atoms with Crippen LogP contribution in [0.25, 0.3) is 5.70 Å². The summed E-state index contributed by atoms with van der Waals surface area (Å²) in [5.74, 6) is -0.0221. The van der Waals surface area contributed by atoms with Crippen LogP contribution in [0.4, 0.5) is 0 Å². The lowest BCUT2D eigenvalue weighted by molar-refractivity contribution is 0.104. The molecule has 2 aromatic rings. The molecule has 1 aliphatic heterocycles. The Morgan fingerprint density at radius 2 is 1.96 bits per heavy atom. The summed E-state index contributed by atoms with van der Waals surface area (Å²) in [5.41, 5.74) is 4.42. The van der Waals surface area contributed by atoms with Gasteiger partial charge in [-0.3, -0.25) is 4.79 Å². The fourth-order valence-electron chi connectivity index (χ4n) is 3.01. The Bertz CT molecular complexity index is 760. The van der Waals surface area contributed by atoms with E-state index in [-0.39, 0.29) is 17.9 Å². The van der Waals surface area contributed by atoms with E-state index in [1.807, 2.05) is 48.5 Å². The Labute approximate surface area is 136 Å². The average molecular weight is 307 g/mol. The molecule has 1 aliphatic rings. The van der Waals surface area contributed by atoms with E-state index < -0.39 is 0 Å². The molecule has 0 fully saturated rings. The molecule has 3 rings (SSSR count). The standard InChI is InChI=1S/C20H21NO2/c1-20(2)12-16-9-8-14(13-22)10-17(16)18(21-20)11-19(23)15-6-4-3-5-7-15/h3-11,21-22H,12-13H2,1-2H3/b18-11-. The molecule has 2 N–H and O–H groups in total. The quantitative estimate of drug-likeness (QED) is 0.675. The minimum atomic E-state index is -0.115. The number of carbonyl (C=O) groups is 1. The van der Waals surface area contributed by atoms with Crippen molar-refractivity contribution in [3.05, 3.63) is 76.9 Å². The Morgan fingerprint density at radius 3 is 2.65 bits per heavy atom. The molecule has 0 spiro atoms. The highest BCUT2D eigenvalue weighted by molar-refractivity contribution is 6.08. The van der Waals surface area contributed by atoms with E-state index in [2.05, 4.69) is 19.2 Å². The van der Waals surface area contributed by atoms with Crippen molar-refractivity contribution in [2.45, 2.75) is 32.4 Å². The first kappa shape index (κ1) is 15.5. The van der Waals surface area contributed by atoms with Crippen LogP contribution in [0.5, 0.6) is 0 Å². The number of hydrogen-bond acceptors (Lipinski definition) is 3. The third-order valence-corrected chi connectivity index (χ3v) is 4.09. The van der Waals surface area contributed by atoms with Crippen molar-refractivity contribution in [2.75, 3.05) is 0 Å². The van der Waals surface area contributed by atoms with E-state index in [9.17, 15) is 9.90 Å². The first-order chi connectivity index (χ1) is 11.0. The predicted molar refractivity (Wildman–Crippen MR) is 92.0 cm³/mol. The maximum Gasteiger partial charge on any atom is 0.187 e. The third-order valence-electron chi connectivity index (χ3n) is 4.09. The van der Waals surface area contributed by atoms with Crippen molar-refractivity contribution < 1.29 is 9.90 Å². The molecule has 0 atom stereocenters. The summed E-state index contributed by atoms with van der Waals surface area (Å²) in [7, 11) is 0. The topological polar surface area (TPSA) is 49.3 Å². The van der Waals surface area contributed by atoms with Crippen LogP contribution < -0.4 is 5.32 Å². The molecule has 0 bridgehead atoms. The molecule has 23 heavy (non-hydrogen) atoms. The van der Waals surface area contributed by atoms with Gasteiger partial charge in [-0.2, -0.15) is 0 Å². The number of rotatable bonds is 3. The van der Waals surface area contributed by atoms with Crippen molar-refractivity contribution >= 4 is 11.5 Å². The van der Waals surface area contributed by atoms with Crippen LogP contribution in [0, 0.1) is 0 Å². The highest BCUT2D eigenvalue weighted by atomic mass is 16.3. The maximum atomic E-state index is 12.5. The van der Waals surface area contributed by atoms with E-state index in [1.165, 1.54) is 5.56 Å². The Balaban J connectivity index is 2.05. The molecule has 0 radical (unpaired) electrons. The highest BCUT2D eigenvalue weighted by Crippen LogP contribution is 2.30. The monoisotopic (exact) mass is 307 g/mol. The number of benzene rings is 2. The van der Waals surface area contributed by atoms with Gasteiger partial charge in [0.05, 0.1) is 6.61 Å². The Kier molecular flexibility index (Phi) is 4.05. The fraction of sp³-hybridized carbons (Fsp3) is 0.250. The number of carbonyl (C=O) groups excluding carboxylic acids is 1. The smallest absolute Gasteiger partial charge is 0.187 e. The van der Waals surface area contributed by atoms with Gasteiger partial charge in [-0.15, -0.1) is 0 Å². The second-order valence-corrected chi connectivity index (χ2v) is 6.62. The van der Waals surface area contributed by atoms with Crippen molar-refractivity contribution in [1.29, 1.82) is 0 Å². The van der Waals surface area contributed by atoms with Gasteiger partial charge in [-0.05, 0) is 37.5 Å². The van der Waals surface area contributed by atoms with Gasteiger partial charge in [-0.1, -0.05) is 42.5 Å². The first-order valence-electron chi connectivity index (χ1n) is 7.81. The Morgan fingerprint density at radius 1 is 1.22 bits per heavy atom. The van der Waals surface area contributed by atoms with E-state index in [0.717, 1.165) is 23.2 Å². The zero-order valence-electron chi connectivity index (χ0n) is 13.5. The van der Waals surface area contributed by atoms with Crippen LogP contribution in [0.2, 0.25) is 0 Å². The highest BCUT2D eigenvalue weighted by Gasteiger charge is 2.28. The summed E-state index contributed by atoms with van der Waals surface area (Å²) in [4.78, 5) is 12.5. The maximum absolute atomic E-state index is 12.5. The molecule has 0 aliphatic carbocycles. The molecule has 0 aromatic heterocycles. The summed E-state index contributed by atoms with van der Waals surface area (Å²) in [5, 5.41) is 12.8. The minimum Gasteiger partial charge on any atom is -0.392 e. The first-order valence-corrected chi connectivity index (χ1v) is 7.81. The molecule has 1 heterocycles. The molecule has 0 unspecified atom stereocenters. The molecular formula is C20H21NO2. The molecule has 2 aromatic carbocycles. The van der Waals surface area contributed by atoms with Crippen LogP contribution in [0.3, 0.4) is 0 Å². The normalized spacial score (nSPS) is 17.4. The molecular weight excluding hydrogens is 286 g/mol. The molecule has 3 heteroatoms. The fourth-order valence-corrected chi connectivity index (χ4v) is 3.01. The van der Waals surface area contributed by atoms with Crippen molar-refractivity contribution in [3.63, 3.8) is 0 Å². The average Bonchev–Trinajstić information content (AvgIpc) is 2.54. The number of hydrogen-bond donors (Lipinski definition) is 2. The summed E-state index contributed by atoms with van der Waals surface area (Å²) in [6.07, 6.45) is 2.54. The second-order valence-electron chi connectivity index (χ2n) is 6.62. The summed E-state index contributed by atoms with van der Waals surface area (Å²) in [6, 6.07) is 15.2. The van der Waals surface area contributed by atoms with Gasteiger partial charge >= 0.3 is 0 Å². The minimum absolute atomic E-state index is 0.00339. The van der Waals surface area contributed by atoms with Crippen molar-refractivity contribution in [1.82, 2.24) is 5.32 Å². The molecule has 0 amide bonds. The van der Waals surface area contributed by atoms with Crippen LogP contribution in [0.15, 0.2) is 54.6 Å². The Hall–Kier alpha value is -2.39. The van der Waals surface area contributed by atoms with Gasteiger partial charge < -0.3 is 10.4 Å². The molecule has 3 nitrogen and oxygen atoms in total. The number of aliphatic hydroxyl groups excluding tert-OH is 1. The number of fused-ring (bicyclic) bond motifs is 1. The lowest BCUT2D eigenvalue weighted by Gasteiger charge is -2.35. The molecule has 0 saturated carbocycles. The summed E-state index contributed by atoms with van der Waals surface area (Å²) < 4.78 is 0. The van der Waals surface area contributed by atoms with Crippen LogP contribution in [-0.2, 0) is 13.0 Å². The van der Waals surface area contributed by atoms with Gasteiger partial charge in [-0.25, -0.2) is 0 Å². The number of aliphatic hydroxyl groups is 1. The number of allylic oxidation sites excluding steroid dienone is 1. The van der Waals surface area contributed by atoms with Crippen LogP contribution >= 0.6 is 0 Å². The van der Waals surface area contributed by atoms with E-state index in [0.29, 0.717) is 5.56 Å². The van der Waals surface area contributed by atoms with E-state index in [1.54, 1.807) is 6.08 Å². The van der Waals surface area contributed by atoms with Crippen LogP contribution in [-0.4, -0.2) is 16.4 Å². The largest absolute Gasteiger partial charge is 0.392 e. The molecule has 0 saturated heterocycles.